The van der Waals surface area contributed by atoms with E-state index in [0.717, 1.165) is 32.1 Å². The number of hydrogen-bond donors (Lipinski definition) is 3. The Bertz CT molecular complexity index is 759. The number of rotatable bonds is 3. The van der Waals surface area contributed by atoms with E-state index < -0.39 is 17.8 Å². The van der Waals surface area contributed by atoms with E-state index in [-0.39, 0.29) is 23.0 Å². The van der Waals surface area contributed by atoms with E-state index in [1.54, 1.807) is 19.1 Å². The highest BCUT2D eigenvalue weighted by molar-refractivity contribution is 5.93. The number of fused-ring (bicyclic) bond motifs is 6. The molecule has 3 N–H and O–H groups in total. The minimum absolute atomic E-state index is 0.0519. The van der Waals surface area contributed by atoms with Gasteiger partial charge in [0.05, 0.1) is 17.8 Å². The fraction of sp³-hybridized carbons (Fsp3) is 0.720. The highest BCUT2D eigenvalue weighted by atomic mass is 16.3. The van der Waals surface area contributed by atoms with Crippen LogP contribution in [0.1, 0.15) is 65.7 Å². The normalized spacial score (nSPS) is 42.8. The Morgan fingerprint density at radius 2 is 2.07 bits per heavy atom. The molecule has 160 valence electrons. The molecule has 2 bridgehead atoms. The molecule has 29 heavy (non-hydrogen) atoms. The molecule has 0 aromatic heterocycles. The van der Waals surface area contributed by atoms with E-state index >= 15 is 0 Å². The first-order valence-corrected chi connectivity index (χ1v) is 11.3. The minimum Gasteiger partial charge on any atom is -0.393 e. The molecule has 2 saturated carbocycles. The van der Waals surface area contributed by atoms with Gasteiger partial charge in [-0.25, -0.2) is 0 Å². The summed E-state index contributed by atoms with van der Waals surface area (Å²) in [7, 11) is 0. The largest absolute Gasteiger partial charge is 0.393 e. The Morgan fingerprint density at radius 3 is 2.79 bits per heavy atom. The number of allylic oxidation sites excluding steroid dienone is 3. The lowest BCUT2D eigenvalue weighted by Crippen LogP contribution is -2.45. The van der Waals surface area contributed by atoms with Crippen LogP contribution in [0.3, 0.4) is 0 Å². The fourth-order valence-electron chi connectivity index (χ4n) is 6.95. The molecule has 4 rings (SSSR count). The lowest BCUT2D eigenvalue weighted by atomic mass is 9.57. The van der Waals surface area contributed by atoms with Crippen LogP contribution in [0.15, 0.2) is 35.5 Å². The first kappa shape index (κ1) is 21.0. The molecule has 4 heteroatoms. The van der Waals surface area contributed by atoms with Crippen LogP contribution in [-0.2, 0) is 4.79 Å². The van der Waals surface area contributed by atoms with Crippen molar-refractivity contribution >= 4 is 5.78 Å². The summed E-state index contributed by atoms with van der Waals surface area (Å²) >= 11 is 0. The summed E-state index contributed by atoms with van der Waals surface area (Å²) in [5, 5.41) is 31.1. The van der Waals surface area contributed by atoms with E-state index in [2.05, 4.69) is 13.0 Å². The van der Waals surface area contributed by atoms with Gasteiger partial charge >= 0.3 is 0 Å². The van der Waals surface area contributed by atoms with Crippen LogP contribution in [0.4, 0.5) is 0 Å². The second-order valence-electron chi connectivity index (χ2n) is 10.5. The van der Waals surface area contributed by atoms with Gasteiger partial charge in [0, 0.05) is 11.8 Å². The predicted octanol–water partition coefficient (Wildman–Crippen LogP) is 3.71. The first-order valence-electron chi connectivity index (χ1n) is 11.3. The molecule has 0 spiro atoms. The second-order valence-corrected chi connectivity index (χ2v) is 10.5. The van der Waals surface area contributed by atoms with E-state index in [1.807, 2.05) is 13.0 Å². The summed E-state index contributed by atoms with van der Waals surface area (Å²) in [5.41, 5.74) is 1.62. The topological polar surface area (TPSA) is 77.8 Å². The lowest BCUT2D eigenvalue weighted by Gasteiger charge is -2.49. The van der Waals surface area contributed by atoms with Crippen molar-refractivity contribution in [1.82, 2.24) is 0 Å². The summed E-state index contributed by atoms with van der Waals surface area (Å²) in [6.45, 7) is 5.86. The number of ketones is 1. The zero-order chi connectivity index (χ0) is 21.0. The summed E-state index contributed by atoms with van der Waals surface area (Å²) in [4.78, 5) is 13.0. The molecule has 0 radical (unpaired) electrons. The van der Waals surface area contributed by atoms with Crippen molar-refractivity contribution < 1.29 is 20.1 Å². The molecule has 4 aliphatic carbocycles. The van der Waals surface area contributed by atoms with E-state index in [1.165, 1.54) is 11.1 Å². The van der Waals surface area contributed by atoms with Crippen LogP contribution < -0.4 is 0 Å². The first-order chi connectivity index (χ1) is 13.6. The van der Waals surface area contributed by atoms with Crippen molar-refractivity contribution in [3.05, 3.63) is 35.5 Å². The second kappa shape index (κ2) is 7.47. The zero-order valence-corrected chi connectivity index (χ0v) is 18.0. The molecular formula is C25H36O4. The average Bonchev–Trinajstić information content (AvgIpc) is 2.81. The lowest BCUT2D eigenvalue weighted by molar-refractivity contribution is -0.119. The number of carbonyl (C=O) groups is 1. The molecule has 4 aliphatic rings. The third kappa shape index (κ3) is 3.68. The van der Waals surface area contributed by atoms with Gasteiger partial charge in [-0.15, -0.1) is 0 Å². The van der Waals surface area contributed by atoms with E-state index in [9.17, 15) is 20.1 Å². The van der Waals surface area contributed by atoms with Gasteiger partial charge in [-0.3, -0.25) is 4.79 Å². The predicted molar refractivity (Wildman–Crippen MR) is 113 cm³/mol. The summed E-state index contributed by atoms with van der Waals surface area (Å²) < 4.78 is 0. The summed E-state index contributed by atoms with van der Waals surface area (Å²) in [6, 6.07) is 0. The standard InChI is InChI=1S/C25H36O4/c1-15(26)8-11-25(3,29)23-7-6-21-20-14-22(28)17-12-16(4-5-18(27)13-17)19(20)9-10-24(21,23)2/h4,8,11,14-15,17-19,21,23,26-27,29H,5-7,9-10,12-13H2,1-3H3/b11-8+/t15-,17-,18+,19+,21-,23-,24-,25+/m0/s1. The Labute approximate surface area is 174 Å². The SMILES string of the molecule is C[C@H](O)/C=C/[C@@](C)(O)[C@H]1CC[C@H]2C3=CC(=O)[C@H]4CC(=CC[C@@H](O)C4)[C@H]3CC[C@@]21C. The van der Waals surface area contributed by atoms with E-state index in [4.69, 9.17) is 0 Å². The van der Waals surface area contributed by atoms with Crippen LogP contribution >= 0.6 is 0 Å². The molecular weight excluding hydrogens is 364 g/mol. The molecule has 0 amide bonds. The van der Waals surface area contributed by atoms with Crippen molar-refractivity contribution in [3.63, 3.8) is 0 Å². The van der Waals surface area contributed by atoms with Crippen molar-refractivity contribution in [2.45, 2.75) is 83.5 Å². The van der Waals surface area contributed by atoms with Crippen molar-refractivity contribution in [2.24, 2.45) is 29.1 Å². The summed E-state index contributed by atoms with van der Waals surface area (Å²) in [5.74, 6) is 0.838. The highest BCUT2D eigenvalue weighted by Gasteiger charge is 2.57. The van der Waals surface area contributed by atoms with Gasteiger partial charge in [-0.05, 0) is 82.1 Å². The van der Waals surface area contributed by atoms with Gasteiger partial charge in [-0.2, -0.15) is 0 Å². The smallest absolute Gasteiger partial charge is 0.159 e. The monoisotopic (exact) mass is 400 g/mol. The number of aliphatic hydroxyl groups excluding tert-OH is 2. The maximum absolute atomic E-state index is 13.0. The van der Waals surface area contributed by atoms with Crippen LogP contribution in [0, 0.1) is 29.1 Å². The molecule has 2 fully saturated rings. The molecule has 8 atom stereocenters. The maximum Gasteiger partial charge on any atom is 0.159 e. The third-order valence-electron chi connectivity index (χ3n) is 8.38. The maximum atomic E-state index is 13.0. The fourth-order valence-corrected chi connectivity index (χ4v) is 6.95. The Balaban J connectivity index is 1.67. The van der Waals surface area contributed by atoms with Crippen LogP contribution in [-0.4, -0.2) is 38.9 Å². The van der Waals surface area contributed by atoms with Gasteiger partial charge < -0.3 is 15.3 Å². The average molecular weight is 401 g/mol. The number of carbonyl (C=O) groups excluding carboxylic acids is 1. The van der Waals surface area contributed by atoms with Gasteiger partial charge in [0.1, 0.15) is 0 Å². The van der Waals surface area contributed by atoms with Crippen molar-refractivity contribution in [3.8, 4) is 0 Å². The van der Waals surface area contributed by atoms with Gasteiger partial charge in [0.15, 0.2) is 5.78 Å². The van der Waals surface area contributed by atoms with Crippen LogP contribution in [0.2, 0.25) is 0 Å². The van der Waals surface area contributed by atoms with Crippen LogP contribution in [0.5, 0.6) is 0 Å². The van der Waals surface area contributed by atoms with E-state index in [0.29, 0.717) is 24.7 Å². The molecule has 0 heterocycles. The Kier molecular flexibility index (Phi) is 5.42. The van der Waals surface area contributed by atoms with Crippen molar-refractivity contribution in [1.29, 1.82) is 0 Å². The quantitative estimate of drug-likeness (QED) is 0.631. The molecule has 0 aromatic rings. The third-order valence-corrected chi connectivity index (χ3v) is 8.38. The summed E-state index contributed by atoms with van der Waals surface area (Å²) in [6.07, 6.45) is 12.6. The Morgan fingerprint density at radius 1 is 1.31 bits per heavy atom. The number of hydrogen-bond acceptors (Lipinski definition) is 4. The molecule has 0 aliphatic heterocycles. The van der Waals surface area contributed by atoms with Gasteiger partial charge in [-0.1, -0.05) is 36.3 Å². The van der Waals surface area contributed by atoms with Gasteiger partial charge in [0.2, 0.25) is 0 Å². The highest BCUT2D eigenvalue weighted by Crippen LogP contribution is 2.63. The number of aliphatic hydroxyl groups is 3. The van der Waals surface area contributed by atoms with Crippen LogP contribution in [0.25, 0.3) is 0 Å². The molecule has 0 aromatic carbocycles. The molecule has 4 nitrogen and oxygen atoms in total. The molecule has 0 unspecified atom stereocenters. The Hall–Kier alpha value is -1.23. The van der Waals surface area contributed by atoms with Gasteiger partial charge in [0.25, 0.3) is 0 Å². The molecule has 0 saturated heterocycles. The van der Waals surface area contributed by atoms with Crippen molar-refractivity contribution in [2.75, 3.05) is 0 Å². The zero-order valence-electron chi connectivity index (χ0n) is 18.0. The minimum atomic E-state index is -0.973.